The van der Waals surface area contributed by atoms with E-state index in [2.05, 4.69) is 10.3 Å². The molecule has 1 N–H and O–H groups in total. The molecule has 1 heterocycles. The second-order valence-electron chi connectivity index (χ2n) is 7.87. The van der Waals surface area contributed by atoms with E-state index >= 15 is 0 Å². The standard InChI is InChI=1S/C26H24N2O7/c1-4-34-22-13-17(10-12-21(22)33-3)20(14-23(30)27-35-15(2)29)28-25(31)19-11-9-16-7-5-6-8-18(16)24(19)26(28)32/h5-13,20H,4,14H2,1-3H3,(H,27,30). The molecule has 1 unspecified atom stereocenters. The molecule has 0 aliphatic carbocycles. The number of ether oxygens (including phenoxy) is 2. The average Bonchev–Trinajstić information content (AvgIpc) is 3.11. The molecule has 0 bridgehead atoms. The highest BCUT2D eigenvalue weighted by molar-refractivity contribution is 6.26. The summed E-state index contributed by atoms with van der Waals surface area (Å²) in [6, 6.07) is 14.6. The van der Waals surface area contributed by atoms with Crippen molar-refractivity contribution in [3.8, 4) is 11.5 Å². The molecule has 1 aliphatic rings. The maximum Gasteiger partial charge on any atom is 0.329 e. The fourth-order valence-electron chi connectivity index (χ4n) is 4.18. The minimum atomic E-state index is -0.998. The Morgan fingerprint density at radius 2 is 1.77 bits per heavy atom. The first-order valence-electron chi connectivity index (χ1n) is 11.0. The Morgan fingerprint density at radius 1 is 1.00 bits per heavy atom. The highest BCUT2D eigenvalue weighted by Crippen LogP contribution is 2.39. The van der Waals surface area contributed by atoms with Gasteiger partial charge in [0.25, 0.3) is 17.7 Å². The molecular weight excluding hydrogens is 452 g/mol. The second kappa shape index (κ2) is 9.84. The molecule has 0 fully saturated rings. The number of benzene rings is 3. The first-order valence-corrected chi connectivity index (χ1v) is 11.0. The highest BCUT2D eigenvalue weighted by Gasteiger charge is 2.42. The van der Waals surface area contributed by atoms with Gasteiger partial charge in [-0.1, -0.05) is 36.4 Å². The molecule has 4 rings (SSSR count). The van der Waals surface area contributed by atoms with Gasteiger partial charge in [0.15, 0.2) is 11.5 Å². The number of carbonyl (C=O) groups excluding carboxylic acids is 4. The number of nitrogens with one attached hydrogen (secondary N) is 1. The lowest BCUT2D eigenvalue weighted by Crippen LogP contribution is -2.38. The summed E-state index contributed by atoms with van der Waals surface area (Å²) in [5, 5.41) is 1.47. The predicted molar refractivity (Wildman–Crippen MR) is 126 cm³/mol. The van der Waals surface area contributed by atoms with Crippen molar-refractivity contribution < 1.29 is 33.5 Å². The lowest BCUT2D eigenvalue weighted by atomic mass is 10.00. The smallest absolute Gasteiger partial charge is 0.329 e. The third-order valence-electron chi connectivity index (χ3n) is 5.68. The van der Waals surface area contributed by atoms with Crippen LogP contribution in [-0.4, -0.2) is 42.3 Å². The van der Waals surface area contributed by atoms with Crippen LogP contribution in [0, 0.1) is 0 Å². The fourth-order valence-corrected chi connectivity index (χ4v) is 4.18. The quantitative estimate of drug-likeness (QED) is 0.410. The van der Waals surface area contributed by atoms with Crippen LogP contribution in [-0.2, 0) is 14.4 Å². The van der Waals surface area contributed by atoms with Crippen LogP contribution in [0.3, 0.4) is 0 Å². The molecule has 0 saturated heterocycles. The third-order valence-corrected chi connectivity index (χ3v) is 5.68. The molecule has 9 heteroatoms. The van der Waals surface area contributed by atoms with Crippen molar-refractivity contribution in [3.05, 3.63) is 71.3 Å². The number of hydrogen-bond acceptors (Lipinski definition) is 7. The van der Waals surface area contributed by atoms with Crippen LogP contribution in [0.25, 0.3) is 10.8 Å². The topological polar surface area (TPSA) is 111 Å². The van der Waals surface area contributed by atoms with Crippen molar-refractivity contribution in [2.75, 3.05) is 13.7 Å². The van der Waals surface area contributed by atoms with Crippen molar-refractivity contribution in [1.29, 1.82) is 0 Å². The van der Waals surface area contributed by atoms with Crippen molar-refractivity contribution in [1.82, 2.24) is 10.4 Å². The number of hydroxylamine groups is 1. The normalized spacial score (nSPS) is 13.4. The van der Waals surface area contributed by atoms with E-state index in [4.69, 9.17) is 9.47 Å². The molecule has 0 saturated carbocycles. The van der Waals surface area contributed by atoms with Gasteiger partial charge in [0, 0.05) is 6.92 Å². The Balaban J connectivity index is 1.79. The molecule has 3 aromatic carbocycles. The number of hydrogen-bond donors (Lipinski definition) is 1. The van der Waals surface area contributed by atoms with Gasteiger partial charge in [0.05, 0.1) is 37.3 Å². The van der Waals surface area contributed by atoms with E-state index < -0.39 is 29.7 Å². The van der Waals surface area contributed by atoms with Gasteiger partial charge in [-0.3, -0.25) is 24.1 Å². The largest absolute Gasteiger partial charge is 0.493 e. The zero-order chi connectivity index (χ0) is 25.1. The summed E-state index contributed by atoms with van der Waals surface area (Å²) in [5.74, 6) is -1.55. The highest BCUT2D eigenvalue weighted by atomic mass is 16.7. The number of imide groups is 1. The molecule has 0 spiro atoms. The van der Waals surface area contributed by atoms with E-state index in [9.17, 15) is 19.2 Å². The number of nitrogens with zero attached hydrogens (tertiary/aromatic N) is 1. The number of methoxy groups -OCH3 is 1. The van der Waals surface area contributed by atoms with Gasteiger partial charge in [-0.15, -0.1) is 0 Å². The van der Waals surface area contributed by atoms with Crippen LogP contribution in [0.2, 0.25) is 0 Å². The van der Waals surface area contributed by atoms with Gasteiger partial charge in [0.1, 0.15) is 0 Å². The number of carbonyl (C=O) groups is 4. The van der Waals surface area contributed by atoms with E-state index in [0.29, 0.717) is 29.1 Å². The minimum absolute atomic E-state index is 0.262. The van der Waals surface area contributed by atoms with Crippen LogP contribution in [0.5, 0.6) is 11.5 Å². The Bertz CT molecular complexity index is 1330. The molecule has 3 aromatic rings. The summed E-state index contributed by atoms with van der Waals surface area (Å²) in [6.45, 7) is 3.31. The average molecular weight is 476 g/mol. The van der Waals surface area contributed by atoms with Crippen LogP contribution in [0.1, 0.15) is 52.6 Å². The van der Waals surface area contributed by atoms with E-state index in [0.717, 1.165) is 17.2 Å². The molecule has 1 aliphatic heterocycles. The van der Waals surface area contributed by atoms with Gasteiger partial charge in [-0.25, -0.2) is 0 Å². The monoisotopic (exact) mass is 476 g/mol. The second-order valence-corrected chi connectivity index (χ2v) is 7.87. The molecule has 0 radical (unpaired) electrons. The van der Waals surface area contributed by atoms with E-state index in [1.54, 1.807) is 42.5 Å². The van der Waals surface area contributed by atoms with Crippen molar-refractivity contribution in [2.24, 2.45) is 0 Å². The van der Waals surface area contributed by atoms with Crippen LogP contribution < -0.4 is 15.0 Å². The Kier molecular flexibility index (Phi) is 6.68. The van der Waals surface area contributed by atoms with Gasteiger partial charge in [0.2, 0.25) is 0 Å². The van der Waals surface area contributed by atoms with E-state index in [1.807, 2.05) is 19.1 Å². The zero-order valence-electron chi connectivity index (χ0n) is 19.5. The predicted octanol–water partition coefficient (Wildman–Crippen LogP) is 3.57. The summed E-state index contributed by atoms with van der Waals surface area (Å²) in [5.41, 5.74) is 3.08. The third kappa shape index (κ3) is 4.52. The molecule has 3 amide bonds. The van der Waals surface area contributed by atoms with Crippen LogP contribution in [0.4, 0.5) is 0 Å². The first-order chi connectivity index (χ1) is 16.8. The first kappa shape index (κ1) is 23.7. The molecule has 180 valence electrons. The van der Waals surface area contributed by atoms with Crippen LogP contribution in [0.15, 0.2) is 54.6 Å². The molecule has 0 aromatic heterocycles. The van der Waals surface area contributed by atoms with E-state index in [-0.39, 0.29) is 17.5 Å². The zero-order valence-corrected chi connectivity index (χ0v) is 19.5. The Labute approximate surface area is 201 Å². The summed E-state index contributed by atoms with van der Waals surface area (Å²) in [6.07, 6.45) is -0.339. The maximum absolute atomic E-state index is 13.6. The maximum atomic E-state index is 13.6. The van der Waals surface area contributed by atoms with Crippen molar-refractivity contribution in [3.63, 3.8) is 0 Å². The lowest BCUT2D eigenvalue weighted by molar-refractivity contribution is -0.156. The van der Waals surface area contributed by atoms with Gasteiger partial charge < -0.3 is 14.3 Å². The molecular formula is C26H24N2O7. The Morgan fingerprint density at radius 3 is 2.49 bits per heavy atom. The number of rotatable bonds is 7. The summed E-state index contributed by atoms with van der Waals surface area (Å²) >= 11 is 0. The number of amides is 3. The molecule has 35 heavy (non-hydrogen) atoms. The van der Waals surface area contributed by atoms with Crippen LogP contribution >= 0.6 is 0 Å². The summed E-state index contributed by atoms with van der Waals surface area (Å²) < 4.78 is 11.0. The Hall–Kier alpha value is -4.40. The summed E-state index contributed by atoms with van der Waals surface area (Å²) in [7, 11) is 1.50. The van der Waals surface area contributed by atoms with Gasteiger partial charge in [-0.05, 0) is 41.5 Å². The van der Waals surface area contributed by atoms with E-state index in [1.165, 1.54) is 7.11 Å². The number of fused-ring (bicyclic) bond motifs is 3. The van der Waals surface area contributed by atoms with Crippen molar-refractivity contribution >= 4 is 34.5 Å². The SMILES string of the molecule is CCOc1cc(C(CC(=O)NOC(C)=O)N2C(=O)c3ccc4ccccc4c3C2=O)ccc1OC. The molecule has 9 nitrogen and oxygen atoms in total. The van der Waals surface area contributed by atoms with Gasteiger partial charge in [-0.2, -0.15) is 5.48 Å². The summed E-state index contributed by atoms with van der Waals surface area (Å²) in [4.78, 5) is 56.6. The van der Waals surface area contributed by atoms with Crippen molar-refractivity contribution in [2.45, 2.75) is 26.3 Å². The minimum Gasteiger partial charge on any atom is -0.493 e. The molecule has 1 atom stereocenters. The lowest BCUT2D eigenvalue weighted by Gasteiger charge is -2.27. The van der Waals surface area contributed by atoms with Gasteiger partial charge >= 0.3 is 5.97 Å². The fraction of sp³-hybridized carbons (Fsp3) is 0.231.